The van der Waals surface area contributed by atoms with Crippen LogP contribution in [0, 0.1) is 10.1 Å². The van der Waals surface area contributed by atoms with Crippen LogP contribution in [0.2, 0.25) is 0 Å². The number of aromatic nitrogens is 3. The summed E-state index contributed by atoms with van der Waals surface area (Å²) in [5.74, 6) is 0.433. The number of hydrogen-bond acceptors (Lipinski definition) is 8. The quantitative estimate of drug-likeness (QED) is 0.432. The van der Waals surface area contributed by atoms with Gasteiger partial charge >= 0.3 is 11.4 Å². The summed E-state index contributed by atoms with van der Waals surface area (Å²) in [5.41, 5.74) is 2.60. The predicted octanol–water partition coefficient (Wildman–Crippen LogP) is 2.61. The molecule has 0 bridgehead atoms. The molecule has 0 unspecified atom stereocenters. The molecule has 0 aliphatic rings. The maximum atomic E-state index is 11.4. The van der Waals surface area contributed by atoms with Crippen LogP contribution in [0.15, 0.2) is 28.1 Å². The number of aromatic amines is 1. The Kier molecular flexibility index (Phi) is 6.22. The van der Waals surface area contributed by atoms with Crippen molar-refractivity contribution in [1.29, 1.82) is 0 Å². The van der Waals surface area contributed by atoms with Crippen molar-refractivity contribution in [2.75, 3.05) is 12.0 Å². The van der Waals surface area contributed by atoms with E-state index in [4.69, 9.17) is 4.74 Å². The van der Waals surface area contributed by atoms with E-state index < -0.39 is 10.6 Å². The number of rotatable bonds is 7. The molecule has 27 heavy (non-hydrogen) atoms. The molecule has 1 heterocycles. The molecule has 2 N–H and O–H groups in total. The van der Waals surface area contributed by atoms with E-state index in [1.807, 2.05) is 27.7 Å². The third-order valence-corrected chi connectivity index (χ3v) is 3.44. The van der Waals surface area contributed by atoms with Crippen LogP contribution in [0.3, 0.4) is 0 Å². The molecule has 1 aromatic heterocycles. The van der Waals surface area contributed by atoms with Crippen molar-refractivity contribution in [3.8, 4) is 5.75 Å². The van der Waals surface area contributed by atoms with Crippen molar-refractivity contribution in [3.05, 3.63) is 50.1 Å². The number of nitro benzene ring substituents is 1. The fourth-order valence-corrected chi connectivity index (χ4v) is 2.20. The van der Waals surface area contributed by atoms with Gasteiger partial charge in [-0.25, -0.2) is 9.89 Å². The first-order valence-corrected chi connectivity index (χ1v) is 8.40. The van der Waals surface area contributed by atoms with Crippen LogP contribution in [0.5, 0.6) is 5.75 Å². The molecule has 10 nitrogen and oxygen atoms in total. The summed E-state index contributed by atoms with van der Waals surface area (Å²) in [7, 11) is 0. The minimum Gasteiger partial charge on any atom is -0.487 e. The van der Waals surface area contributed by atoms with Crippen LogP contribution in [0.25, 0.3) is 0 Å². The fourth-order valence-electron chi connectivity index (χ4n) is 2.20. The topological polar surface area (TPSA) is 135 Å². The number of hydrogen-bond donors (Lipinski definition) is 2. The number of H-pyrrole nitrogens is 1. The maximum Gasteiger partial charge on any atom is 0.363 e. The number of nitro groups is 1. The largest absolute Gasteiger partial charge is 0.487 e. The molecule has 0 spiro atoms. The number of anilines is 1. The molecule has 0 aliphatic carbocycles. The van der Waals surface area contributed by atoms with E-state index in [1.165, 1.54) is 18.3 Å². The van der Waals surface area contributed by atoms with E-state index in [0.29, 0.717) is 17.9 Å². The van der Waals surface area contributed by atoms with Crippen molar-refractivity contribution in [2.45, 2.75) is 39.5 Å². The number of nitrogens with one attached hydrogen (secondary N) is 2. The third kappa shape index (κ3) is 5.33. The van der Waals surface area contributed by atoms with Gasteiger partial charge in [0.15, 0.2) is 11.6 Å². The van der Waals surface area contributed by atoms with Crippen molar-refractivity contribution in [3.63, 3.8) is 0 Å². The minimum absolute atomic E-state index is 0.140. The third-order valence-electron chi connectivity index (χ3n) is 3.44. The lowest BCUT2D eigenvalue weighted by molar-refractivity contribution is -0.385. The molecule has 2 rings (SSSR count). The van der Waals surface area contributed by atoms with E-state index in [-0.39, 0.29) is 22.7 Å². The van der Waals surface area contributed by atoms with Gasteiger partial charge in [0.25, 0.3) is 0 Å². The number of ether oxygens (including phenoxy) is 1. The van der Waals surface area contributed by atoms with Crippen LogP contribution >= 0.6 is 0 Å². The van der Waals surface area contributed by atoms with Gasteiger partial charge in [0, 0.05) is 17.0 Å². The highest BCUT2D eigenvalue weighted by Crippen LogP contribution is 2.28. The van der Waals surface area contributed by atoms with E-state index in [1.54, 1.807) is 6.07 Å². The SMILES string of the molecule is CCCOc1ccc(/C=N/Nc2nc(=O)[nH]nc2C(C)(C)C)cc1[N+](=O)[O-]. The first-order chi connectivity index (χ1) is 12.7. The highest BCUT2D eigenvalue weighted by molar-refractivity contribution is 5.82. The summed E-state index contributed by atoms with van der Waals surface area (Å²) in [5, 5.41) is 21.6. The van der Waals surface area contributed by atoms with Crippen molar-refractivity contribution < 1.29 is 9.66 Å². The molecule has 144 valence electrons. The van der Waals surface area contributed by atoms with Crippen LogP contribution in [-0.2, 0) is 5.41 Å². The van der Waals surface area contributed by atoms with Gasteiger partial charge in [0.1, 0.15) is 5.69 Å². The Labute approximate surface area is 155 Å². The normalized spacial score (nSPS) is 11.6. The second-order valence-electron chi connectivity index (χ2n) is 6.79. The lowest BCUT2D eigenvalue weighted by atomic mass is 9.92. The summed E-state index contributed by atoms with van der Waals surface area (Å²) in [6.07, 6.45) is 2.14. The molecule has 2 aromatic rings. The van der Waals surface area contributed by atoms with Gasteiger partial charge in [-0.1, -0.05) is 27.7 Å². The molecule has 0 radical (unpaired) electrons. The summed E-state index contributed by atoms with van der Waals surface area (Å²) < 4.78 is 5.38. The van der Waals surface area contributed by atoms with E-state index in [9.17, 15) is 14.9 Å². The van der Waals surface area contributed by atoms with Crippen LogP contribution < -0.4 is 15.9 Å². The van der Waals surface area contributed by atoms with Crippen LogP contribution in [0.1, 0.15) is 45.4 Å². The predicted molar refractivity (Wildman–Crippen MR) is 101 cm³/mol. The summed E-state index contributed by atoms with van der Waals surface area (Å²) in [6, 6.07) is 4.55. The van der Waals surface area contributed by atoms with Crippen LogP contribution in [-0.4, -0.2) is 32.9 Å². The molecule has 0 saturated heterocycles. The Morgan fingerprint density at radius 1 is 1.41 bits per heavy atom. The van der Waals surface area contributed by atoms with Crippen molar-refractivity contribution in [1.82, 2.24) is 15.2 Å². The Morgan fingerprint density at radius 2 is 2.15 bits per heavy atom. The van der Waals surface area contributed by atoms with Gasteiger partial charge in [-0.05, 0) is 18.6 Å². The first kappa shape index (κ1) is 20.0. The summed E-state index contributed by atoms with van der Waals surface area (Å²) in [4.78, 5) is 26.0. The average Bonchev–Trinajstić information content (AvgIpc) is 2.59. The molecule has 0 aliphatic heterocycles. The van der Waals surface area contributed by atoms with Gasteiger partial charge in [0.05, 0.1) is 17.7 Å². The lowest BCUT2D eigenvalue weighted by Crippen LogP contribution is -2.24. The Bertz CT molecular complexity index is 901. The smallest absolute Gasteiger partial charge is 0.363 e. The molecule has 10 heteroatoms. The van der Waals surface area contributed by atoms with Crippen molar-refractivity contribution in [2.24, 2.45) is 5.10 Å². The molecule has 0 atom stereocenters. The zero-order chi connectivity index (χ0) is 20.0. The van der Waals surface area contributed by atoms with Gasteiger partial charge in [0.2, 0.25) is 0 Å². The van der Waals surface area contributed by atoms with Crippen LogP contribution in [0.4, 0.5) is 11.5 Å². The van der Waals surface area contributed by atoms with Gasteiger partial charge in [-0.2, -0.15) is 15.2 Å². The zero-order valence-corrected chi connectivity index (χ0v) is 15.6. The van der Waals surface area contributed by atoms with E-state index in [2.05, 4.69) is 25.7 Å². The molecule has 0 amide bonds. The van der Waals surface area contributed by atoms with Crippen molar-refractivity contribution >= 4 is 17.7 Å². The highest BCUT2D eigenvalue weighted by Gasteiger charge is 2.21. The maximum absolute atomic E-state index is 11.4. The Balaban J connectivity index is 2.24. The van der Waals surface area contributed by atoms with E-state index >= 15 is 0 Å². The summed E-state index contributed by atoms with van der Waals surface area (Å²) >= 11 is 0. The molecule has 0 fully saturated rings. The fraction of sp³-hybridized carbons (Fsp3) is 0.412. The minimum atomic E-state index is -0.603. The monoisotopic (exact) mass is 374 g/mol. The van der Waals surface area contributed by atoms with E-state index in [0.717, 1.165) is 6.42 Å². The van der Waals surface area contributed by atoms with Gasteiger partial charge < -0.3 is 4.74 Å². The average molecular weight is 374 g/mol. The Morgan fingerprint density at radius 3 is 2.78 bits per heavy atom. The highest BCUT2D eigenvalue weighted by atomic mass is 16.6. The van der Waals surface area contributed by atoms with Gasteiger partial charge in [-0.3, -0.25) is 15.5 Å². The van der Waals surface area contributed by atoms with Gasteiger partial charge in [-0.15, -0.1) is 0 Å². The molecule has 0 saturated carbocycles. The number of nitrogens with zero attached hydrogens (tertiary/aromatic N) is 4. The second kappa shape index (κ2) is 8.39. The molecular formula is C17H22N6O4. The second-order valence-corrected chi connectivity index (χ2v) is 6.79. The lowest BCUT2D eigenvalue weighted by Gasteiger charge is -2.18. The first-order valence-electron chi connectivity index (χ1n) is 8.40. The number of benzene rings is 1. The zero-order valence-electron chi connectivity index (χ0n) is 15.6. The standard InChI is InChI=1S/C17H22N6O4/c1-5-8-27-13-7-6-11(9-12(13)23(25)26)10-18-21-15-14(17(2,3)4)20-22-16(24)19-15/h6-7,9-10H,5,8H2,1-4H3,(H2,19,21,22,24)/b18-10+. The molecular weight excluding hydrogens is 352 g/mol. The Hall–Kier alpha value is -3.30. The summed E-state index contributed by atoms with van der Waals surface area (Å²) in [6.45, 7) is 8.07. The number of hydrazone groups is 1. The molecule has 1 aromatic carbocycles.